The number of amides is 2. The average molecular weight is 486 g/mol. The lowest BCUT2D eigenvalue weighted by Crippen LogP contribution is -2.54. The molecule has 1 aliphatic rings. The molecule has 1 aliphatic heterocycles. The molecule has 1 saturated heterocycles. The van der Waals surface area contributed by atoms with Crippen molar-refractivity contribution in [3.63, 3.8) is 0 Å². The minimum absolute atomic E-state index is 0.0157. The zero-order valence-corrected chi connectivity index (χ0v) is 19.9. The van der Waals surface area contributed by atoms with Gasteiger partial charge in [0.25, 0.3) is 11.8 Å². The summed E-state index contributed by atoms with van der Waals surface area (Å²) in [6.07, 6.45) is 3.61. The van der Waals surface area contributed by atoms with E-state index in [9.17, 15) is 9.59 Å². The summed E-state index contributed by atoms with van der Waals surface area (Å²) >= 11 is 11.3. The fourth-order valence-electron chi connectivity index (χ4n) is 4.17. The monoisotopic (exact) mass is 485 g/mol. The first-order chi connectivity index (χ1) is 16.4. The van der Waals surface area contributed by atoms with Gasteiger partial charge < -0.3 is 4.57 Å². The summed E-state index contributed by atoms with van der Waals surface area (Å²) in [4.78, 5) is 27.5. The Bertz CT molecular complexity index is 1490. The number of fused-ring (bicyclic) bond motifs is 1. The molecule has 0 unspecified atom stereocenters. The zero-order valence-electron chi connectivity index (χ0n) is 18.3. The SMILES string of the molecule is Cc1cccc(Cn2cc(/C=C3\C(=O)NC(=S)N(c4ccc(Cl)cc4)C3=O)c3ccccc32)c1. The van der Waals surface area contributed by atoms with Gasteiger partial charge in [0.1, 0.15) is 5.57 Å². The van der Waals surface area contributed by atoms with E-state index >= 15 is 0 Å². The molecule has 0 aliphatic carbocycles. The van der Waals surface area contributed by atoms with Gasteiger partial charge in [0.05, 0.1) is 5.69 Å². The summed E-state index contributed by atoms with van der Waals surface area (Å²) in [5, 5.41) is 4.17. The highest BCUT2D eigenvalue weighted by molar-refractivity contribution is 7.80. The summed E-state index contributed by atoms with van der Waals surface area (Å²) in [5.41, 5.74) is 4.72. The van der Waals surface area contributed by atoms with Gasteiger partial charge in [-0.05, 0) is 61.1 Å². The number of para-hydroxylation sites is 1. The van der Waals surface area contributed by atoms with Crippen LogP contribution in [0.2, 0.25) is 5.02 Å². The van der Waals surface area contributed by atoms with E-state index < -0.39 is 11.8 Å². The van der Waals surface area contributed by atoms with Crippen LogP contribution in [-0.2, 0) is 16.1 Å². The van der Waals surface area contributed by atoms with Gasteiger partial charge in [-0.3, -0.25) is 19.8 Å². The Hall–Kier alpha value is -3.74. The summed E-state index contributed by atoms with van der Waals surface area (Å²) in [6, 6.07) is 23.0. The van der Waals surface area contributed by atoms with Crippen LogP contribution in [0.3, 0.4) is 0 Å². The molecule has 0 radical (unpaired) electrons. The summed E-state index contributed by atoms with van der Waals surface area (Å²) in [6.45, 7) is 2.74. The number of benzene rings is 3. The van der Waals surface area contributed by atoms with Gasteiger partial charge >= 0.3 is 0 Å². The van der Waals surface area contributed by atoms with Crippen LogP contribution in [0, 0.1) is 6.92 Å². The third-order valence-corrected chi connectivity index (χ3v) is 6.28. The van der Waals surface area contributed by atoms with Crippen LogP contribution >= 0.6 is 23.8 Å². The maximum Gasteiger partial charge on any atom is 0.270 e. The number of rotatable bonds is 4. The van der Waals surface area contributed by atoms with Crippen LogP contribution in [0.25, 0.3) is 17.0 Å². The molecule has 0 bridgehead atoms. The van der Waals surface area contributed by atoms with E-state index in [1.165, 1.54) is 16.0 Å². The van der Waals surface area contributed by atoms with E-state index in [4.69, 9.17) is 23.8 Å². The zero-order chi connectivity index (χ0) is 23.8. The van der Waals surface area contributed by atoms with Crippen LogP contribution in [0.15, 0.2) is 84.6 Å². The first kappa shape index (κ1) is 22.1. The number of aryl methyl sites for hydroxylation is 1. The first-order valence-electron chi connectivity index (χ1n) is 10.7. The number of nitrogens with zero attached hydrogens (tertiary/aromatic N) is 2. The van der Waals surface area contributed by atoms with E-state index in [1.807, 2.05) is 36.5 Å². The molecule has 2 heterocycles. The molecule has 34 heavy (non-hydrogen) atoms. The van der Waals surface area contributed by atoms with Gasteiger partial charge in [-0.25, -0.2) is 0 Å². The second kappa shape index (κ2) is 8.89. The van der Waals surface area contributed by atoms with E-state index in [1.54, 1.807) is 30.3 Å². The molecule has 168 valence electrons. The van der Waals surface area contributed by atoms with Crippen molar-refractivity contribution >= 4 is 63.4 Å². The molecule has 1 aromatic heterocycles. The predicted molar refractivity (Wildman–Crippen MR) is 140 cm³/mol. The Morgan fingerprint density at radius 3 is 2.53 bits per heavy atom. The normalized spacial score (nSPS) is 15.3. The molecule has 0 saturated carbocycles. The molecule has 5 rings (SSSR count). The van der Waals surface area contributed by atoms with Crippen molar-refractivity contribution in [2.45, 2.75) is 13.5 Å². The number of carbonyl (C=O) groups excluding carboxylic acids is 2. The Morgan fingerprint density at radius 1 is 1.00 bits per heavy atom. The van der Waals surface area contributed by atoms with Gasteiger partial charge in [-0.2, -0.15) is 0 Å². The third-order valence-electron chi connectivity index (χ3n) is 5.74. The van der Waals surface area contributed by atoms with E-state index in [0.29, 0.717) is 17.3 Å². The summed E-state index contributed by atoms with van der Waals surface area (Å²) in [5.74, 6) is -0.998. The topological polar surface area (TPSA) is 54.3 Å². The van der Waals surface area contributed by atoms with Crippen molar-refractivity contribution in [3.8, 4) is 0 Å². The summed E-state index contributed by atoms with van der Waals surface area (Å²) in [7, 11) is 0. The molecule has 5 nitrogen and oxygen atoms in total. The molecule has 2 amide bonds. The van der Waals surface area contributed by atoms with Crippen molar-refractivity contribution in [1.82, 2.24) is 9.88 Å². The number of anilines is 1. The number of aromatic nitrogens is 1. The van der Waals surface area contributed by atoms with Crippen molar-refractivity contribution in [3.05, 3.63) is 106 Å². The smallest absolute Gasteiger partial charge is 0.270 e. The standard InChI is InChI=1S/C27H20ClN3O2S/c1-17-5-4-6-18(13-17)15-30-16-19(22-7-2-3-8-24(22)30)14-23-25(32)29-27(34)31(26(23)33)21-11-9-20(28)10-12-21/h2-14,16H,15H2,1H3,(H,29,32,34)/b23-14+. The number of carbonyl (C=O) groups is 2. The van der Waals surface area contributed by atoms with Crippen molar-refractivity contribution in [2.75, 3.05) is 4.90 Å². The highest BCUT2D eigenvalue weighted by Crippen LogP contribution is 2.28. The Morgan fingerprint density at radius 2 is 1.76 bits per heavy atom. The van der Waals surface area contributed by atoms with Crippen LogP contribution in [0.5, 0.6) is 0 Å². The van der Waals surface area contributed by atoms with Gasteiger partial charge in [0, 0.05) is 34.2 Å². The number of hydrogen-bond acceptors (Lipinski definition) is 3. The quantitative estimate of drug-likeness (QED) is 0.236. The minimum Gasteiger partial charge on any atom is -0.342 e. The molecule has 4 aromatic rings. The van der Waals surface area contributed by atoms with Gasteiger partial charge in [-0.15, -0.1) is 0 Å². The largest absolute Gasteiger partial charge is 0.342 e. The maximum absolute atomic E-state index is 13.4. The second-order valence-electron chi connectivity index (χ2n) is 8.15. The molecule has 3 aromatic carbocycles. The lowest BCUT2D eigenvalue weighted by Gasteiger charge is -2.28. The molecule has 7 heteroatoms. The fraction of sp³-hybridized carbons (Fsp3) is 0.0741. The Kier molecular flexibility index (Phi) is 5.77. The van der Waals surface area contributed by atoms with Crippen molar-refractivity contribution < 1.29 is 9.59 Å². The van der Waals surface area contributed by atoms with Gasteiger partial charge in [0.2, 0.25) is 0 Å². The molecular weight excluding hydrogens is 466 g/mol. The van der Waals surface area contributed by atoms with Crippen LogP contribution in [0.4, 0.5) is 5.69 Å². The molecule has 0 spiro atoms. The van der Waals surface area contributed by atoms with Crippen molar-refractivity contribution in [2.24, 2.45) is 0 Å². The van der Waals surface area contributed by atoms with Crippen LogP contribution in [-0.4, -0.2) is 21.5 Å². The maximum atomic E-state index is 13.4. The van der Waals surface area contributed by atoms with Crippen LogP contribution < -0.4 is 10.2 Å². The van der Waals surface area contributed by atoms with E-state index in [0.717, 1.165) is 16.5 Å². The number of hydrogen-bond donors (Lipinski definition) is 1. The Labute approximate surface area is 207 Å². The van der Waals surface area contributed by atoms with Gasteiger partial charge in [0.15, 0.2) is 5.11 Å². The lowest BCUT2D eigenvalue weighted by molar-refractivity contribution is -0.122. The third kappa shape index (κ3) is 4.14. The van der Waals surface area contributed by atoms with Crippen LogP contribution in [0.1, 0.15) is 16.7 Å². The number of halogens is 1. The van der Waals surface area contributed by atoms with Crippen molar-refractivity contribution in [1.29, 1.82) is 0 Å². The summed E-state index contributed by atoms with van der Waals surface area (Å²) < 4.78 is 2.13. The minimum atomic E-state index is -0.518. The Balaban J connectivity index is 1.56. The highest BCUT2D eigenvalue weighted by atomic mass is 35.5. The average Bonchev–Trinajstić information content (AvgIpc) is 3.15. The lowest BCUT2D eigenvalue weighted by atomic mass is 10.1. The number of nitrogens with one attached hydrogen (secondary N) is 1. The molecule has 0 atom stereocenters. The number of thiocarbonyl (C=S) groups is 1. The van der Waals surface area contributed by atoms with E-state index in [-0.39, 0.29) is 10.7 Å². The highest BCUT2D eigenvalue weighted by Gasteiger charge is 2.34. The molecule has 1 fully saturated rings. The fourth-order valence-corrected chi connectivity index (χ4v) is 4.57. The molecular formula is C27H20ClN3O2S. The molecule has 1 N–H and O–H groups in total. The van der Waals surface area contributed by atoms with E-state index in [2.05, 4.69) is 35.0 Å². The van der Waals surface area contributed by atoms with Gasteiger partial charge in [-0.1, -0.05) is 59.6 Å². The first-order valence-corrected chi connectivity index (χ1v) is 11.5. The predicted octanol–water partition coefficient (Wildman–Crippen LogP) is 5.48. The second-order valence-corrected chi connectivity index (χ2v) is 8.98.